The van der Waals surface area contributed by atoms with Crippen molar-refractivity contribution in [1.82, 2.24) is 9.47 Å². The lowest BCUT2D eigenvalue weighted by molar-refractivity contribution is -0.132. The number of carbonyl (C=O) groups excluding carboxylic acids is 2. The molecule has 0 unspecified atom stereocenters. The standard InChI is InChI=1S/C21H20FN3O2/c22-17-5-7-18(8-6-17)23-9-11-24(12-10-23)21(27)14-25-13-16(15-26)19-3-1-2-4-20(19)25/h1-8,13,15H,9-12,14H2. The Kier molecular flexibility index (Phi) is 4.62. The number of hydrogen-bond donors (Lipinski definition) is 0. The lowest BCUT2D eigenvalue weighted by atomic mass is 10.2. The Balaban J connectivity index is 1.43. The smallest absolute Gasteiger partial charge is 0.242 e. The number of carbonyl (C=O) groups is 2. The van der Waals surface area contributed by atoms with Crippen molar-refractivity contribution in [3.8, 4) is 0 Å². The van der Waals surface area contributed by atoms with Crippen LogP contribution in [0.5, 0.6) is 0 Å². The molecule has 1 aromatic heterocycles. The van der Waals surface area contributed by atoms with Crippen molar-refractivity contribution in [2.24, 2.45) is 0 Å². The zero-order valence-corrected chi connectivity index (χ0v) is 14.8. The SMILES string of the molecule is O=Cc1cn(CC(=O)N2CCN(c3ccc(F)cc3)CC2)c2ccccc12. The van der Waals surface area contributed by atoms with E-state index in [1.54, 1.807) is 18.3 Å². The molecule has 1 saturated heterocycles. The third-order valence-corrected chi connectivity index (χ3v) is 5.08. The molecule has 3 aromatic rings. The van der Waals surface area contributed by atoms with E-state index in [0.717, 1.165) is 22.9 Å². The van der Waals surface area contributed by atoms with E-state index in [4.69, 9.17) is 0 Å². The monoisotopic (exact) mass is 365 g/mol. The van der Waals surface area contributed by atoms with E-state index >= 15 is 0 Å². The average molecular weight is 365 g/mol. The Hall–Kier alpha value is -3.15. The predicted octanol–water partition coefficient (Wildman–Crippen LogP) is 2.94. The van der Waals surface area contributed by atoms with Crippen LogP contribution >= 0.6 is 0 Å². The van der Waals surface area contributed by atoms with Crippen molar-refractivity contribution in [3.63, 3.8) is 0 Å². The summed E-state index contributed by atoms with van der Waals surface area (Å²) >= 11 is 0. The van der Waals surface area contributed by atoms with Gasteiger partial charge < -0.3 is 14.4 Å². The molecular formula is C21H20FN3O2. The number of piperazine rings is 1. The molecule has 1 fully saturated rings. The summed E-state index contributed by atoms with van der Waals surface area (Å²) in [6.07, 6.45) is 2.56. The molecule has 1 amide bonds. The van der Waals surface area contributed by atoms with Crippen molar-refractivity contribution in [2.45, 2.75) is 6.54 Å². The Morgan fingerprint density at radius 3 is 2.41 bits per heavy atom. The largest absolute Gasteiger partial charge is 0.368 e. The molecule has 0 spiro atoms. The molecule has 0 radical (unpaired) electrons. The molecule has 2 aromatic carbocycles. The lowest BCUT2D eigenvalue weighted by Crippen LogP contribution is -2.49. The van der Waals surface area contributed by atoms with Gasteiger partial charge in [0.25, 0.3) is 0 Å². The third kappa shape index (κ3) is 3.43. The maximum Gasteiger partial charge on any atom is 0.242 e. The van der Waals surface area contributed by atoms with Crippen LogP contribution in [0.15, 0.2) is 54.7 Å². The maximum absolute atomic E-state index is 13.1. The van der Waals surface area contributed by atoms with E-state index in [-0.39, 0.29) is 18.3 Å². The minimum absolute atomic E-state index is 0.0342. The zero-order chi connectivity index (χ0) is 18.8. The van der Waals surface area contributed by atoms with Crippen molar-refractivity contribution >= 4 is 28.8 Å². The van der Waals surface area contributed by atoms with Crippen LogP contribution in [0.3, 0.4) is 0 Å². The minimum atomic E-state index is -0.249. The van der Waals surface area contributed by atoms with Gasteiger partial charge in [-0.25, -0.2) is 4.39 Å². The summed E-state index contributed by atoms with van der Waals surface area (Å²) in [6.45, 7) is 2.88. The molecule has 138 valence electrons. The second kappa shape index (κ2) is 7.23. The van der Waals surface area contributed by atoms with Gasteiger partial charge in [0.15, 0.2) is 6.29 Å². The fourth-order valence-electron chi connectivity index (χ4n) is 3.61. The predicted molar refractivity (Wildman–Crippen MR) is 103 cm³/mol. The number of aldehydes is 1. The number of hydrogen-bond acceptors (Lipinski definition) is 3. The Bertz CT molecular complexity index is 973. The summed E-state index contributed by atoms with van der Waals surface area (Å²) in [4.78, 5) is 28.0. The molecule has 1 aliphatic heterocycles. The summed E-state index contributed by atoms with van der Waals surface area (Å²) in [5.41, 5.74) is 2.45. The molecule has 0 atom stereocenters. The number of rotatable bonds is 4. The van der Waals surface area contributed by atoms with Gasteiger partial charge in [0.2, 0.25) is 5.91 Å². The summed E-state index contributed by atoms with van der Waals surface area (Å²) in [7, 11) is 0. The van der Waals surface area contributed by atoms with Crippen LogP contribution in [0, 0.1) is 5.82 Å². The topological polar surface area (TPSA) is 45.6 Å². The first-order chi connectivity index (χ1) is 13.2. The number of anilines is 1. The molecular weight excluding hydrogens is 345 g/mol. The highest BCUT2D eigenvalue weighted by Crippen LogP contribution is 2.21. The normalized spacial score (nSPS) is 14.6. The van der Waals surface area contributed by atoms with Gasteiger partial charge in [0.05, 0.1) is 0 Å². The molecule has 0 saturated carbocycles. The second-order valence-corrected chi connectivity index (χ2v) is 6.69. The number of nitrogens with zero attached hydrogens (tertiary/aromatic N) is 3. The molecule has 1 aliphatic rings. The number of amides is 1. The van der Waals surface area contributed by atoms with E-state index in [2.05, 4.69) is 4.90 Å². The second-order valence-electron chi connectivity index (χ2n) is 6.69. The molecule has 4 rings (SSSR count). The van der Waals surface area contributed by atoms with Gasteiger partial charge >= 0.3 is 0 Å². The lowest BCUT2D eigenvalue weighted by Gasteiger charge is -2.36. The number of fused-ring (bicyclic) bond motifs is 1. The highest BCUT2D eigenvalue weighted by molar-refractivity contribution is 5.98. The van der Waals surface area contributed by atoms with Gasteiger partial charge in [0, 0.05) is 54.5 Å². The maximum atomic E-state index is 13.1. The van der Waals surface area contributed by atoms with Gasteiger partial charge in [-0.3, -0.25) is 9.59 Å². The fraction of sp³-hybridized carbons (Fsp3) is 0.238. The first kappa shape index (κ1) is 17.3. The van der Waals surface area contributed by atoms with Crippen LogP contribution in [-0.4, -0.2) is 47.8 Å². The van der Waals surface area contributed by atoms with E-state index < -0.39 is 0 Å². The van der Waals surface area contributed by atoms with E-state index in [1.165, 1.54) is 12.1 Å². The molecule has 0 N–H and O–H groups in total. The first-order valence-corrected chi connectivity index (χ1v) is 8.97. The van der Waals surface area contributed by atoms with Gasteiger partial charge in [-0.05, 0) is 30.3 Å². The molecule has 27 heavy (non-hydrogen) atoms. The van der Waals surface area contributed by atoms with Gasteiger partial charge in [-0.1, -0.05) is 18.2 Å². The fourth-order valence-corrected chi connectivity index (χ4v) is 3.61. The van der Waals surface area contributed by atoms with Crippen molar-refractivity contribution < 1.29 is 14.0 Å². The quantitative estimate of drug-likeness (QED) is 0.668. The Morgan fingerprint density at radius 2 is 1.70 bits per heavy atom. The van der Waals surface area contributed by atoms with Crippen LogP contribution in [0.4, 0.5) is 10.1 Å². The molecule has 0 aliphatic carbocycles. The van der Waals surface area contributed by atoms with Gasteiger partial charge in [0.1, 0.15) is 12.4 Å². The molecule has 0 bridgehead atoms. The molecule has 6 heteroatoms. The molecule has 5 nitrogen and oxygen atoms in total. The number of halogens is 1. The third-order valence-electron chi connectivity index (χ3n) is 5.08. The highest BCUT2D eigenvalue weighted by atomic mass is 19.1. The summed E-state index contributed by atoms with van der Waals surface area (Å²) in [6, 6.07) is 14.0. The number of para-hydroxylation sites is 1. The van der Waals surface area contributed by atoms with Crippen LogP contribution in [0.1, 0.15) is 10.4 Å². The Labute approximate surface area is 156 Å². The van der Waals surface area contributed by atoms with Crippen molar-refractivity contribution in [1.29, 1.82) is 0 Å². The van der Waals surface area contributed by atoms with E-state index in [1.807, 2.05) is 33.7 Å². The average Bonchev–Trinajstić information content (AvgIpc) is 3.06. The van der Waals surface area contributed by atoms with Crippen molar-refractivity contribution in [3.05, 3.63) is 66.1 Å². The van der Waals surface area contributed by atoms with Crippen LogP contribution in [0.25, 0.3) is 10.9 Å². The molecule has 2 heterocycles. The van der Waals surface area contributed by atoms with Crippen molar-refractivity contribution in [2.75, 3.05) is 31.1 Å². The summed E-state index contributed by atoms with van der Waals surface area (Å²) in [5, 5.41) is 0.862. The highest BCUT2D eigenvalue weighted by Gasteiger charge is 2.22. The minimum Gasteiger partial charge on any atom is -0.368 e. The van der Waals surface area contributed by atoms with Crippen LogP contribution in [0.2, 0.25) is 0 Å². The van der Waals surface area contributed by atoms with Gasteiger partial charge in [-0.2, -0.15) is 0 Å². The number of benzene rings is 2. The van der Waals surface area contributed by atoms with E-state index in [0.29, 0.717) is 31.7 Å². The van der Waals surface area contributed by atoms with Crippen LogP contribution < -0.4 is 4.90 Å². The summed E-state index contributed by atoms with van der Waals surface area (Å²) < 4.78 is 14.9. The zero-order valence-electron chi connectivity index (χ0n) is 14.8. The van der Waals surface area contributed by atoms with E-state index in [9.17, 15) is 14.0 Å². The summed E-state index contributed by atoms with van der Waals surface area (Å²) in [5.74, 6) is -0.215. The van der Waals surface area contributed by atoms with Gasteiger partial charge in [-0.15, -0.1) is 0 Å². The van der Waals surface area contributed by atoms with Crippen LogP contribution in [-0.2, 0) is 11.3 Å². The number of aromatic nitrogens is 1. The Morgan fingerprint density at radius 1 is 1.00 bits per heavy atom. The first-order valence-electron chi connectivity index (χ1n) is 8.97.